The van der Waals surface area contributed by atoms with Crippen molar-refractivity contribution in [1.29, 1.82) is 0 Å². The first kappa shape index (κ1) is 19.2. The van der Waals surface area contributed by atoms with Gasteiger partial charge in [0.1, 0.15) is 10.6 Å². The van der Waals surface area contributed by atoms with E-state index in [9.17, 15) is 8.42 Å². The van der Waals surface area contributed by atoms with Gasteiger partial charge in [0.05, 0.1) is 7.11 Å². The SMILES string of the molecule is COc1ccccc1S(=O)(=O)NC(CN)C1CCCCC1.Cl. The van der Waals surface area contributed by atoms with E-state index < -0.39 is 10.0 Å². The molecule has 22 heavy (non-hydrogen) atoms. The standard InChI is InChI=1S/C15H24N2O3S.ClH/c1-20-14-9-5-6-10-15(14)21(18,19)17-13(11-16)12-7-3-2-4-8-12;/h5-6,9-10,12-13,17H,2-4,7-8,11,16H2,1H3;1H. The number of ether oxygens (including phenoxy) is 1. The summed E-state index contributed by atoms with van der Waals surface area (Å²) in [4.78, 5) is 0.168. The second kappa shape index (κ2) is 8.72. The van der Waals surface area contributed by atoms with Gasteiger partial charge in [-0.3, -0.25) is 0 Å². The topological polar surface area (TPSA) is 81.4 Å². The van der Waals surface area contributed by atoms with Crippen LogP contribution in [0, 0.1) is 5.92 Å². The zero-order valence-corrected chi connectivity index (χ0v) is 14.5. The molecule has 1 unspecified atom stereocenters. The van der Waals surface area contributed by atoms with E-state index in [0.717, 1.165) is 25.7 Å². The highest BCUT2D eigenvalue weighted by molar-refractivity contribution is 7.89. The normalized spacial score (nSPS) is 17.5. The van der Waals surface area contributed by atoms with Gasteiger partial charge in [0.2, 0.25) is 10.0 Å². The molecule has 3 N–H and O–H groups in total. The summed E-state index contributed by atoms with van der Waals surface area (Å²) in [5, 5.41) is 0. The van der Waals surface area contributed by atoms with Crippen LogP contribution in [0.5, 0.6) is 5.75 Å². The third-order valence-electron chi connectivity index (χ3n) is 4.14. The largest absolute Gasteiger partial charge is 0.495 e. The van der Waals surface area contributed by atoms with Crippen molar-refractivity contribution in [2.45, 2.75) is 43.0 Å². The van der Waals surface area contributed by atoms with Crippen LogP contribution in [0.25, 0.3) is 0 Å². The minimum absolute atomic E-state index is 0. The van der Waals surface area contributed by atoms with Crippen LogP contribution in [0.3, 0.4) is 0 Å². The first-order valence-electron chi connectivity index (χ1n) is 7.44. The summed E-state index contributed by atoms with van der Waals surface area (Å²) in [6.45, 7) is 0.318. The molecule has 1 aliphatic carbocycles. The third kappa shape index (κ3) is 4.59. The number of halogens is 1. The lowest BCUT2D eigenvalue weighted by molar-refractivity contribution is 0.294. The van der Waals surface area contributed by atoms with Crippen molar-refractivity contribution in [2.75, 3.05) is 13.7 Å². The molecule has 7 heteroatoms. The van der Waals surface area contributed by atoms with Gasteiger partial charge in [-0.2, -0.15) is 0 Å². The molecule has 0 amide bonds. The van der Waals surface area contributed by atoms with Crippen LogP contribution in [-0.4, -0.2) is 28.1 Å². The number of rotatable bonds is 6. The molecular weight excluding hydrogens is 324 g/mol. The first-order chi connectivity index (χ1) is 10.1. The number of para-hydroxylation sites is 1. The summed E-state index contributed by atoms with van der Waals surface area (Å²) in [5.41, 5.74) is 5.80. The molecule has 0 saturated heterocycles. The van der Waals surface area contributed by atoms with Crippen molar-refractivity contribution >= 4 is 22.4 Å². The van der Waals surface area contributed by atoms with Gasteiger partial charge in [-0.1, -0.05) is 31.4 Å². The predicted molar refractivity (Wildman–Crippen MR) is 90.0 cm³/mol. The van der Waals surface area contributed by atoms with Crippen molar-refractivity contribution in [3.05, 3.63) is 24.3 Å². The van der Waals surface area contributed by atoms with E-state index in [2.05, 4.69) is 4.72 Å². The van der Waals surface area contributed by atoms with Gasteiger partial charge in [-0.25, -0.2) is 13.1 Å². The van der Waals surface area contributed by atoms with E-state index >= 15 is 0 Å². The molecule has 2 rings (SSSR count). The first-order valence-corrected chi connectivity index (χ1v) is 8.92. The van der Waals surface area contributed by atoms with Gasteiger partial charge in [-0.05, 0) is 30.9 Å². The van der Waals surface area contributed by atoms with Crippen molar-refractivity contribution in [1.82, 2.24) is 4.72 Å². The summed E-state index contributed by atoms with van der Waals surface area (Å²) >= 11 is 0. The van der Waals surface area contributed by atoms with Crippen LogP contribution in [0.4, 0.5) is 0 Å². The van der Waals surface area contributed by atoms with Crippen LogP contribution in [0.2, 0.25) is 0 Å². The maximum Gasteiger partial charge on any atom is 0.244 e. The molecule has 1 aromatic rings. The molecule has 0 bridgehead atoms. The molecule has 1 aliphatic rings. The molecule has 1 fully saturated rings. The van der Waals surface area contributed by atoms with Gasteiger partial charge in [0.25, 0.3) is 0 Å². The van der Waals surface area contributed by atoms with Crippen molar-refractivity contribution in [2.24, 2.45) is 11.7 Å². The Labute approximate surface area is 139 Å². The van der Waals surface area contributed by atoms with E-state index in [1.165, 1.54) is 13.5 Å². The highest BCUT2D eigenvalue weighted by Crippen LogP contribution is 2.28. The molecule has 126 valence electrons. The summed E-state index contributed by atoms with van der Waals surface area (Å²) in [7, 11) is -2.15. The molecule has 1 atom stereocenters. The van der Waals surface area contributed by atoms with E-state index in [0.29, 0.717) is 18.2 Å². The zero-order chi connectivity index (χ0) is 15.3. The number of sulfonamides is 1. The number of hydrogen-bond donors (Lipinski definition) is 2. The lowest BCUT2D eigenvalue weighted by Crippen LogP contribution is -2.45. The van der Waals surface area contributed by atoms with Crippen molar-refractivity contribution < 1.29 is 13.2 Å². The number of nitrogens with two attached hydrogens (primary N) is 1. The van der Waals surface area contributed by atoms with Crippen LogP contribution >= 0.6 is 12.4 Å². The molecule has 1 saturated carbocycles. The Hall–Kier alpha value is -0.820. The van der Waals surface area contributed by atoms with E-state index in [1.54, 1.807) is 24.3 Å². The zero-order valence-electron chi connectivity index (χ0n) is 12.8. The number of hydrogen-bond acceptors (Lipinski definition) is 4. The van der Waals surface area contributed by atoms with Crippen LogP contribution in [-0.2, 0) is 10.0 Å². The molecule has 5 nitrogen and oxygen atoms in total. The molecule has 0 aliphatic heterocycles. The van der Waals surface area contributed by atoms with Crippen LogP contribution in [0.1, 0.15) is 32.1 Å². The third-order valence-corrected chi connectivity index (χ3v) is 5.67. The maximum atomic E-state index is 12.6. The van der Waals surface area contributed by atoms with Crippen LogP contribution < -0.4 is 15.2 Å². The Kier molecular flexibility index (Phi) is 7.62. The Morgan fingerprint density at radius 2 is 1.91 bits per heavy atom. The van der Waals surface area contributed by atoms with Gasteiger partial charge >= 0.3 is 0 Å². The molecular formula is C15H25ClN2O3S. The molecule has 0 spiro atoms. The highest BCUT2D eigenvalue weighted by atomic mass is 35.5. The Bertz CT molecular complexity index is 560. The van der Waals surface area contributed by atoms with Gasteiger partial charge in [0, 0.05) is 12.6 Å². The quantitative estimate of drug-likeness (QED) is 0.826. The summed E-state index contributed by atoms with van der Waals surface area (Å²) in [6.07, 6.45) is 5.61. The summed E-state index contributed by atoms with van der Waals surface area (Å²) in [6, 6.07) is 6.43. The molecule has 1 aromatic carbocycles. The van der Waals surface area contributed by atoms with E-state index in [1.807, 2.05) is 0 Å². The minimum atomic E-state index is -3.62. The second-order valence-electron chi connectivity index (χ2n) is 5.51. The average Bonchev–Trinajstić information content (AvgIpc) is 2.53. The fourth-order valence-electron chi connectivity index (χ4n) is 2.98. The smallest absolute Gasteiger partial charge is 0.244 e. The van der Waals surface area contributed by atoms with E-state index in [4.69, 9.17) is 10.5 Å². The fraction of sp³-hybridized carbons (Fsp3) is 0.600. The fourth-order valence-corrected chi connectivity index (χ4v) is 4.47. The van der Waals surface area contributed by atoms with Gasteiger partial charge in [0.15, 0.2) is 0 Å². The molecule has 0 radical (unpaired) electrons. The Morgan fingerprint density at radius 3 is 2.50 bits per heavy atom. The Morgan fingerprint density at radius 1 is 1.27 bits per heavy atom. The average molecular weight is 349 g/mol. The molecule has 0 heterocycles. The minimum Gasteiger partial charge on any atom is -0.495 e. The van der Waals surface area contributed by atoms with Crippen molar-refractivity contribution in [3.8, 4) is 5.75 Å². The van der Waals surface area contributed by atoms with Gasteiger partial charge < -0.3 is 10.5 Å². The Balaban J connectivity index is 0.00000242. The van der Waals surface area contributed by atoms with Crippen LogP contribution in [0.15, 0.2) is 29.2 Å². The monoisotopic (exact) mass is 348 g/mol. The second-order valence-corrected chi connectivity index (χ2v) is 7.19. The summed E-state index contributed by atoms with van der Waals surface area (Å²) < 4.78 is 33.1. The number of methoxy groups -OCH3 is 1. The summed E-state index contributed by atoms with van der Waals surface area (Å²) in [5.74, 6) is 0.678. The lowest BCUT2D eigenvalue weighted by atomic mass is 9.84. The van der Waals surface area contributed by atoms with Gasteiger partial charge in [-0.15, -0.1) is 12.4 Å². The van der Waals surface area contributed by atoms with E-state index in [-0.39, 0.29) is 23.3 Å². The molecule has 0 aromatic heterocycles. The number of benzene rings is 1. The highest BCUT2D eigenvalue weighted by Gasteiger charge is 2.28. The van der Waals surface area contributed by atoms with Crippen molar-refractivity contribution in [3.63, 3.8) is 0 Å². The lowest BCUT2D eigenvalue weighted by Gasteiger charge is -2.30. The number of nitrogens with one attached hydrogen (secondary N) is 1. The maximum absolute atomic E-state index is 12.6. The predicted octanol–water partition coefficient (Wildman–Crippen LogP) is 2.30.